The topological polar surface area (TPSA) is 40.8 Å². The van der Waals surface area contributed by atoms with Crippen LogP contribution in [0.25, 0.3) is 33.2 Å². The van der Waals surface area contributed by atoms with Crippen molar-refractivity contribution in [2.45, 2.75) is 26.7 Å². The molecule has 0 atom stereocenters. The number of rotatable bonds is 2. The molecular weight excluding hydrogens is 320 g/mol. The molecule has 0 amide bonds. The van der Waals surface area contributed by atoms with E-state index < -0.39 is 0 Å². The number of furan rings is 1. The normalized spacial score (nSPS) is 11.4. The van der Waals surface area contributed by atoms with Crippen molar-refractivity contribution in [3.8, 4) is 17.3 Å². The van der Waals surface area contributed by atoms with Gasteiger partial charge in [0.1, 0.15) is 12.6 Å². The summed E-state index contributed by atoms with van der Waals surface area (Å²) in [6.45, 7) is 6.39. The van der Waals surface area contributed by atoms with Gasteiger partial charge in [0, 0.05) is 22.9 Å². The lowest BCUT2D eigenvalue weighted by molar-refractivity contribution is -0.660. The fourth-order valence-corrected chi connectivity index (χ4v) is 3.65. The van der Waals surface area contributed by atoms with Gasteiger partial charge in [0.25, 0.3) is 0 Å². The Morgan fingerprint density at radius 2 is 1.92 bits per heavy atom. The smallest absolute Gasteiger partial charge is 0.216 e. The molecule has 2 heterocycles. The summed E-state index contributed by atoms with van der Waals surface area (Å²) in [5.41, 5.74) is 6.69. The van der Waals surface area contributed by atoms with E-state index in [9.17, 15) is 5.26 Å². The summed E-state index contributed by atoms with van der Waals surface area (Å²) in [7, 11) is 2.03. The molecule has 0 aliphatic heterocycles. The van der Waals surface area contributed by atoms with E-state index in [1.54, 1.807) is 0 Å². The molecular formula is C23H21N2O+. The molecule has 0 radical (unpaired) electrons. The number of benzene rings is 2. The lowest BCUT2D eigenvalue weighted by Crippen LogP contribution is -2.30. The first-order valence-corrected chi connectivity index (χ1v) is 8.86. The third-order valence-corrected chi connectivity index (χ3v) is 5.06. The highest BCUT2D eigenvalue weighted by Crippen LogP contribution is 2.39. The molecule has 128 valence electrons. The van der Waals surface area contributed by atoms with Crippen LogP contribution in [0, 0.1) is 18.3 Å². The van der Waals surface area contributed by atoms with Crippen LogP contribution in [-0.4, -0.2) is 0 Å². The molecule has 0 spiro atoms. The zero-order valence-corrected chi connectivity index (χ0v) is 15.5. The second kappa shape index (κ2) is 6.00. The van der Waals surface area contributed by atoms with Crippen LogP contribution < -0.4 is 4.57 Å². The third kappa shape index (κ3) is 2.38. The predicted molar refractivity (Wildman–Crippen MR) is 104 cm³/mol. The van der Waals surface area contributed by atoms with Gasteiger partial charge >= 0.3 is 0 Å². The van der Waals surface area contributed by atoms with Crippen LogP contribution in [-0.2, 0) is 7.05 Å². The maximum absolute atomic E-state index is 9.74. The zero-order valence-electron chi connectivity index (χ0n) is 15.5. The van der Waals surface area contributed by atoms with Crippen molar-refractivity contribution in [1.82, 2.24) is 0 Å². The van der Waals surface area contributed by atoms with Gasteiger partial charge in [-0.05, 0) is 48.2 Å². The molecule has 3 heteroatoms. The first kappa shape index (κ1) is 16.4. The van der Waals surface area contributed by atoms with E-state index in [0.717, 1.165) is 38.8 Å². The van der Waals surface area contributed by atoms with Crippen LogP contribution in [0.5, 0.6) is 0 Å². The summed E-state index contributed by atoms with van der Waals surface area (Å²) >= 11 is 0. The highest BCUT2D eigenvalue weighted by Gasteiger charge is 2.23. The number of nitrogens with zero attached hydrogens (tertiary/aromatic N) is 2. The maximum Gasteiger partial charge on any atom is 0.216 e. The van der Waals surface area contributed by atoms with Crippen LogP contribution in [0.3, 0.4) is 0 Å². The van der Waals surface area contributed by atoms with Gasteiger partial charge in [-0.3, -0.25) is 0 Å². The molecule has 0 aliphatic carbocycles. The summed E-state index contributed by atoms with van der Waals surface area (Å²) in [6, 6.07) is 16.8. The average Bonchev–Trinajstić information content (AvgIpc) is 3.00. The molecule has 0 saturated heterocycles. The highest BCUT2D eigenvalue weighted by atomic mass is 16.3. The Morgan fingerprint density at radius 1 is 1.12 bits per heavy atom. The standard InChI is InChI=1S/C23H21N2O/c1-14(2)16-8-9-20-18(12-16)22-17(13-24)11-15(3)21(23(22)26-20)19-7-5-6-10-25(19)4/h5-12,14H,1-4H3/q+1. The molecule has 0 unspecified atom stereocenters. The Morgan fingerprint density at radius 3 is 2.62 bits per heavy atom. The number of hydrogen-bond donors (Lipinski definition) is 0. The van der Waals surface area contributed by atoms with E-state index >= 15 is 0 Å². The van der Waals surface area contributed by atoms with E-state index in [1.165, 1.54) is 5.56 Å². The minimum atomic E-state index is 0.423. The van der Waals surface area contributed by atoms with Gasteiger partial charge in [0.05, 0.1) is 17.2 Å². The molecule has 0 bridgehead atoms. The van der Waals surface area contributed by atoms with E-state index in [1.807, 2.05) is 44.4 Å². The van der Waals surface area contributed by atoms with Crippen molar-refractivity contribution in [2.24, 2.45) is 7.05 Å². The second-order valence-electron chi connectivity index (χ2n) is 7.14. The summed E-state index contributed by atoms with van der Waals surface area (Å²) in [5, 5.41) is 11.7. The van der Waals surface area contributed by atoms with Crippen molar-refractivity contribution in [1.29, 1.82) is 5.26 Å². The fourth-order valence-electron chi connectivity index (χ4n) is 3.65. The molecule has 26 heavy (non-hydrogen) atoms. The summed E-state index contributed by atoms with van der Waals surface area (Å²) < 4.78 is 8.37. The van der Waals surface area contributed by atoms with E-state index in [2.05, 4.69) is 42.7 Å². The Balaban J connectivity index is 2.18. The Bertz CT molecular complexity index is 1190. The SMILES string of the molecule is Cc1cc(C#N)c2c(oc3ccc(C(C)C)cc32)c1-c1cccc[n+]1C. The summed E-state index contributed by atoms with van der Waals surface area (Å²) in [5.74, 6) is 0.423. The van der Waals surface area contributed by atoms with Crippen LogP contribution in [0.15, 0.2) is 53.1 Å². The lowest BCUT2D eigenvalue weighted by atomic mass is 9.95. The van der Waals surface area contributed by atoms with Gasteiger partial charge in [-0.2, -0.15) is 5.26 Å². The van der Waals surface area contributed by atoms with Gasteiger partial charge in [-0.25, -0.2) is 4.57 Å². The van der Waals surface area contributed by atoms with Crippen LogP contribution in [0.1, 0.15) is 36.5 Å². The molecule has 4 rings (SSSR count). The van der Waals surface area contributed by atoms with Crippen molar-refractivity contribution in [3.63, 3.8) is 0 Å². The number of nitriles is 1. The number of hydrogen-bond acceptors (Lipinski definition) is 2. The quantitative estimate of drug-likeness (QED) is 0.459. The van der Waals surface area contributed by atoms with Crippen LogP contribution in [0.4, 0.5) is 0 Å². The number of pyridine rings is 1. The van der Waals surface area contributed by atoms with E-state index in [0.29, 0.717) is 11.5 Å². The van der Waals surface area contributed by atoms with E-state index in [4.69, 9.17) is 4.42 Å². The Kier molecular flexibility index (Phi) is 3.77. The van der Waals surface area contributed by atoms with Crippen LogP contribution in [0.2, 0.25) is 0 Å². The fraction of sp³-hybridized carbons (Fsp3) is 0.217. The molecule has 0 N–H and O–H groups in total. The number of aromatic nitrogens is 1. The summed E-state index contributed by atoms with van der Waals surface area (Å²) in [6.07, 6.45) is 2.03. The molecule has 3 nitrogen and oxygen atoms in total. The molecule has 2 aromatic heterocycles. The van der Waals surface area contributed by atoms with Crippen molar-refractivity contribution < 1.29 is 8.98 Å². The van der Waals surface area contributed by atoms with Crippen molar-refractivity contribution >= 4 is 21.9 Å². The van der Waals surface area contributed by atoms with Gasteiger partial charge in [-0.1, -0.05) is 19.9 Å². The van der Waals surface area contributed by atoms with Gasteiger partial charge in [0.15, 0.2) is 11.8 Å². The maximum atomic E-state index is 9.74. The first-order chi connectivity index (χ1) is 12.5. The minimum absolute atomic E-state index is 0.423. The summed E-state index contributed by atoms with van der Waals surface area (Å²) in [4.78, 5) is 0. The minimum Gasteiger partial charge on any atom is -0.455 e. The van der Waals surface area contributed by atoms with Crippen molar-refractivity contribution in [2.75, 3.05) is 0 Å². The molecule has 0 saturated carbocycles. The first-order valence-electron chi connectivity index (χ1n) is 8.86. The number of fused-ring (bicyclic) bond motifs is 3. The molecule has 0 fully saturated rings. The van der Waals surface area contributed by atoms with Gasteiger partial charge < -0.3 is 4.42 Å². The number of aryl methyl sites for hydroxylation is 2. The predicted octanol–water partition coefficient (Wildman–Crippen LogP) is 5.38. The van der Waals surface area contributed by atoms with Crippen molar-refractivity contribution in [3.05, 3.63) is 65.4 Å². The third-order valence-electron chi connectivity index (χ3n) is 5.06. The molecule has 2 aromatic carbocycles. The molecule has 4 aromatic rings. The zero-order chi connectivity index (χ0) is 18.4. The second-order valence-corrected chi connectivity index (χ2v) is 7.14. The molecule has 0 aliphatic rings. The monoisotopic (exact) mass is 341 g/mol. The Labute approximate surface area is 153 Å². The van der Waals surface area contributed by atoms with Gasteiger partial charge in [0.2, 0.25) is 5.69 Å². The Hall–Kier alpha value is -3.12. The highest BCUT2D eigenvalue weighted by molar-refractivity contribution is 6.12. The van der Waals surface area contributed by atoms with E-state index in [-0.39, 0.29) is 0 Å². The van der Waals surface area contributed by atoms with Crippen LogP contribution >= 0.6 is 0 Å². The largest absolute Gasteiger partial charge is 0.455 e. The average molecular weight is 341 g/mol. The van der Waals surface area contributed by atoms with Gasteiger partial charge in [-0.15, -0.1) is 0 Å². The lowest BCUT2D eigenvalue weighted by Gasteiger charge is -2.07.